The molecule has 0 aliphatic carbocycles. The van der Waals surface area contributed by atoms with Crippen LogP contribution in [0.3, 0.4) is 0 Å². The molecule has 24 heavy (non-hydrogen) atoms. The lowest BCUT2D eigenvalue weighted by atomic mass is 10.2. The first-order valence-corrected chi connectivity index (χ1v) is 8.75. The van der Waals surface area contributed by atoms with E-state index in [1.807, 2.05) is 55.6 Å². The van der Waals surface area contributed by atoms with Crippen LogP contribution in [0.25, 0.3) is 10.6 Å². The molecule has 0 bridgehead atoms. The van der Waals surface area contributed by atoms with E-state index in [-0.39, 0.29) is 5.91 Å². The summed E-state index contributed by atoms with van der Waals surface area (Å²) in [7, 11) is 0. The monoisotopic (exact) mass is 341 g/mol. The van der Waals surface area contributed by atoms with Crippen molar-refractivity contribution in [2.45, 2.75) is 13.8 Å². The molecule has 1 amide bonds. The third kappa shape index (κ3) is 3.33. The number of ether oxygens (including phenoxy) is 1. The van der Waals surface area contributed by atoms with Gasteiger partial charge in [0.2, 0.25) is 0 Å². The largest absolute Gasteiger partial charge is 0.494 e. The molecule has 0 fully saturated rings. The highest BCUT2D eigenvalue weighted by molar-refractivity contribution is 7.13. The summed E-state index contributed by atoms with van der Waals surface area (Å²) >= 11 is 1.61. The number of H-pyrrole nitrogens is 1. The van der Waals surface area contributed by atoms with Gasteiger partial charge in [-0.3, -0.25) is 9.89 Å². The number of benzene rings is 1. The van der Waals surface area contributed by atoms with Gasteiger partial charge in [-0.1, -0.05) is 6.07 Å². The van der Waals surface area contributed by atoms with Crippen LogP contribution in [-0.4, -0.2) is 29.3 Å². The molecule has 5 nitrogen and oxygen atoms in total. The number of aromatic amines is 1. The highest BCUT2D eigenvalue weighted by Gasteiger charge is 2.19. The molecular weight excluding hydrogens is 322 g/mol. The van der Waals surface area contributed by atoms with E-state index >= 15 is 0 Å². The molecule has 3 aromatic rings. The topological polar surface area (TPSA) is 58.2 Å². The van der Waals surface area contributed by atoms with Gasteiger partial charge in [-0.05, 0) is 55.6 Å². The smallest absolute Gasteiger partial charge is 0.278 e. The van der Waals surface area contributed by atoms with Crippen molar-refractivity contribution in [1.82, 2.24) is 10.2 Å². The zero-order valence-corrected chi connectivity index (χ0v) is 14.5. The number of nitrogens with zero attached hydrogens (tertiary/aromatic N) is 2. The van der Waals surface area contributed by atoms with E-state index in [9.17, 15) is 4.79 Å². The lowest BCUT2D eigenvalue weighted by molar-refractivity contribution is 0.0983. The maximum absolute atomic E-state index is 12.8. The summed E-state index contributed by atoms with van der Waals surface area (Å²) in [6.07, 6.45) is 0. The van der Waals surface area contributed by atoms with Crippen LogP contribution >= 0.6 is 11.3 Å². The Balaban J connectivity index is 1.81. The maximum atomic E-state index is 12.8. The molecule has 1 aromatic carbocycles. The van der Waals surface area contributed by atoms with E-state index in [0.29, 0.717) is 18.8 Å². The number of carbonyl (C=O) groups excluding carboxylic acids is 1. The quantitative estimate of drug-likeness (QED) is 0.731. The average molecular weight is 341 g/mol. The van der Waals surface area contributed by atoms with Gasteiger partial charge in [-0.2, -0.15) is 5.10 Å². The van der Waals surface area contributed by atoms with Gasteiger partial charge in [0.1, 0.15) is 5.75 Å². The first-order chi connectivity index (χ1) is 11.7. The Labute approximate surface area is 144 Å². The normalized spacial score (nSPS) is 10.6. The highest BCUT2D eigenvalue weighted by Crippen LogP contribution is 2.25. The van der Waals surface area contributed by atoms with Crippen molar-refractivity contribution >= 4 is 22.9 Å². The molecular formula is C18H19N3O2S. The van der Waals surface area contributed by atoms with Gasteiger partial charge in [0.15, 0.2) is 5.69 Å². The van der Waals surface area contributed by atoms with Crippen LogP contribution in [0.4, 0.5) is 5.69 Å². The fourth-order valence-corrected chi connectivity index (χ4v) is 3.15. The Bertz CT molecular complexity index is 794. The first-order valence-electron chi connectivity index (χ1n) is 7.87. The number of nitrogens with one attached hydrogen (secondary N) is 1. The summed E-state index contributed by atoms with van der Waals surface area (Å²) < 4.78 is 5.44. The Morgan fingerprint density at radius 3 is 2.67 bits per heavy atom. The number of thiophene rings is 1. The van der Waals surface area contributed by atoms with Crippen molar-refractivity contribution in [2.75, 3.05) is 18.1 Å². The van der Waals surface area contributed by atoms with Gasteiger partial charge in [-0.25, -0.2) is 0 Å². The molecule has 2 heterocycles. The number of hydrogen-bond acceptors (Lipinski definition) is 4. The summed E-state index contributed by atoms with van der Waals surface area (Å²) in [4.78, 5) is 15.5. The fourth-order valence-electron chi connectivity index (χ4n) is 2.46. The molecule has 0 saturated carbocycles. The molecule has 3 rings (SSSR count). The van der Waals surface area contributed by atoms with Crippen molar-refractivity contribution in [3.05, 3.63) is 53.5 Å². The van der Waals surface area contributed by atoms with E-state index in [1.54, 1.807) is 22.3 Å². The van der Waals surface area contributed by atoms with Gasteiger partial charge < -0.3 is 9.64 Å². The SMILES string of the molecule is CCOc1ccc(N(CC)C(=O)c2cc(-c3cccs3)[nH]n2)cc1. The molecule has 0 unspecified atom stereocenters. The zero-order valence-electron chi connectivity index (χ0n) is 13.7. The van der Waals surface area contributed by atoms with Crippen LogP contribution in [0.1, 0.15) is 24.3 Å². The number of rotatable bonds is 6. The molecule has 0 atom stereocenters. The second-order valence-corrected chi connectivity index (χ2v) is 6.07. The number of aromatic nitrogens is 2. The molecule has 6 heteroatoms. The molecule has 0 radical (unpaired) electrons. The second kappa shape index (κ2) is 7.31. The summed E-state index contributed by atoms with van der Waals surface area (Å²) in [5, 5.41) is 9.11. The van der Waals surface area contributed by atoms with Crippen molar-refractivity contribution in [3.63, 3.8) is 0 Å². The van der Waals surface area contributed by atoms with Crippen LogP contribution in [0.15, 0.2) is 47.8 Å². The predicted molar refractivity (Wildman–Crippen MR) is 96.9 cm³/mol. The summed E-state index contributed by atoms with van der Waals surface area (Å²) in [6, 6.07) is 13.3. The Morgan fingerprint density at radius 1 is 1.25 bits per heavy atom. The van der Waals surface area contributed by atoms with Crippen molar-refractivity contribution in [3.8, 4) is 16.3 Å². The van der Waals surface area contributed by atoms with E-state index in [2.05, 4.69) is 10.2 Å². The zero-order chi connectivity index (χ0) is 16.9. The number of anilines is 1. The van der Waals surface area contributed by atoms with Crippen molar-refractivity contribution in [2.24, 2.45) is 0 Å². The minimum absolute atomic E-state index is 0.124. The van der Waals surface area contributed by atoms with Crippen LogP contribution in [-0.2, 0) is 0 Å². The van der Waals surface area contributed by atoms with E-state index in [1.165, 1.54) is 0 Å². The molecule has 0 aliphatic heterocycles. The Kier molecular flexibility index (Phi) is 4.96. The average Bonchev–Trinajstić information content (AvgIpc) is 3.28. The lowest BCUT2D eigenvalue weighted by Crippen LogP contribution is -2.30. The van der Waals surface area contributed by atoms with Crippen LogP contribution < -0.4 is 9.64 Å². The number of carbonyl (C=O) groups is 1. The van der Waals surface area contributed by atoms with E-state index < -0.39 is 0 Å². The Hall–Kier alpha value is -2.60. The number of amides is 1. The Morgan fingerprint density at radius 2 is 2.04 bits per heavy atom. The number of hydrogen-bond donors (Lipinski definition) is 1. The van der Waals surface area contributed by atoms with Gasteiger partial charge in [0, 0.05) is 12.2 Å². The summed E-state index contributed by atoms with van der Waals surface area (Å²) in [5.74, 6) is 0.671. The molecule has 0 aliphatic rings. The van der Waals surface area contributed by atoms with Gasteiger partial charge >= 0.3 is 0 Å². The molecule has 0 spiro atoms. The summed E-state index contributed by atoms with van der Waals surface area (Å²) in [5.41, 5.74) is 2.09. The lowest BCUT2D eigenvalue weighted by Gasteiger charge is -2.20. The van der Waals surface area contributed by atoms with Gasteiger partial charge in [-0.15, -0.1) is 11.3 Å². The molecule has 0 saturated heterocycles. The highest BCUT2D eigenvalue weighted by atomic mass is 32.1. The predicted octanol–water partition coefficient (Wildman–Crippen LogP) is 4.20. The third-order valence-electron chi connectivity index (χ3n) is 3.60. The van der Waals surface area contributed by atoms with Gasteiger partial charge in [0.05, 0.1) is 17.2 Å². The van der Waals surface area contributed by atoms with Crippen molar-refractivity contribution < 1.29 is 9.53 Å². The maximum Gasteiger partial charge on any atom is 0.278 e. The third-order valence-corrected chi connectivity index (χ3v) is 4.51. The summed E-state index contributed by atoms with van der Waals surface area (Å²) in [6.45, 7) is 5.07. The second-order valence-electron chi connectivity index (χ2n) is 5.12. The standard InChI is InChI=1S/C18H19N3O2S/c1-3-21(13-7-9-14(10-8-13)23-4-2)18(22)16-12-15(19-20-16)17-6-5-11-24-17/h5-12H,3-4H2,1-2H3,(H,19,20). The van der Waals surface area contributed by atoms with Crippen LogP contribution in [0.5, 0.6) is 5.75 Å². The van der Waals surface area contributed by atoms with E-state index in [0.717, 1.165) is 22.0 Å². The van der Waals surface area contributed by atoms with Crippen LogP contribution in [0, 0.1) is 0 Å². The van der Waals surface area contributed by atoms with Crippen LogP contribution in [0.2, 0.25) is 0 Å². The first kappa shape index (κ1) is 16.3. The molecule has 124 valence electrons. The van der Waals surface area contributed by atoms with E-state index in [4.69, 9.17) is 4.74 Å². The van der Waals surface area contributed by atoms with Gasteiger partial charge in [0.25, 0.3) is 5.91 Å². The molecule has 2 aromatic heterocycles. The fraction of sp³-hybridized carbons (Fsp3) is 0.222. The minimum atomic E-state index is -0.124. The van der Waals surface area contributed by atoms with Crippen molar-refractivity contribution in [1.29, 1.82) is 0 Å². The molecule has 1 N–H and O–H groups in total. The minimum Gasteiger partial charge on any atom is -0.494 e.